The summed E-state index contributed by atoms with van der Waals surface area (Å²) in [4.78, 5) is 4.36. The van der Waals surface area contributed by atoms with Crippen molar-refractivity contribution in [2.45, 2.75) is 39.3 Å². The zero-order valence-corrected chi connectivity index (χ0v) is 12.4. The van der Waals surface area contributed by atoms with E-state index in [1.54, 1.807) is 0 Å². The van der Waals surface area contributed by atoms with Gasteiger partial charge < -0.3 is 5.32 Å². The first-order valence-electron chi connectivity index (χ1n) is 4.99. The maximum absolute atomic E-state index is 4.36. The van der Waals surface area contributed by atoms with Gasteiger partial charge in [-0.1, -0.05) is 6.92 Å². The van der Waals surface area contributed by atoms with E-state index in [-0.39, 0.29) is 5.54 Å². The lowest BCUT2D eigenvalue weighted by Gasteiger charge is -2.24. The first-order valence-corrected chi connectivity index (χ1v) is 6.58. The average molecular weight is 336 g/mol. The first-order chi connectivity index (χ1) is 6.94. The summed E-state index contributed by atoms with van der Waals surface area (Å²) in [5.41, 5.74) is 1.20. The monoisotopic (exact) mass is 334 g/mol. The van der Waals surface area contributed by atoms with Crippen molar-refractivity contribution >= 4 is 31.9 Å². The normalized spacial score (nSPS) is 11.8. The van der Waals surface area contributed by atoms with E-state index in [1.807, 2.05) is 12.3 Å². The number of halogens is 2. The van der Waals surface area contributed by atoms with Crippen LogP contribution < -0.4 is 5.32 Å². The van der Waals surface area contributed by atoms with Crippen LogP contribution in [0.1, 0.15) is 32.9 Å². The van der Waals surface area contributed by atoms with Gasteiger partial charge in [-0.25, -0.2) is 0 Å². The molecule has 0 aliphatic carbocycles. The van der Waals surface area contributed by atoms with Gasteiger partial charge in [0.15, 0.2) is 0 Å². The van der Waals surface area contributed by atoms with E-state index in [0.717, 1.165) is 27.6 Å². The molecule has 1 aromatic rings. The summed E-state index contributed by atoms with van der Waals surface area (Å²) in [6, 6.07) is 2.02. The number of nitrogens with zero attached hydrogens (tertiary/aromatic N) is 1. The summed E-state index contributed by atoms with van der Waals surface area (Å²) in [6.45, 7) is 7.35. The molecule has 0 unspecified atom stereocenters. The molecule has 15 heavy (non-hydrogen) atoms. The number of hydrogen-bond acceptors (Lipinski definition) is 2. The predicted octanol–water partition coefficient (Wildman–Crippen LogP) is 3.88. The van der Waals surface area contributed by atoms with E-state index in [4.69, 9.17) is 0 Å². The molecule has 4 heteroatoms. The Kier molecular flexibility index (Phi) is 4.74. The molecule has 0 aliphatic heterocycles. The van der Waals surface area contributed by atoms with Gasteiger partial charge in [0.05, 0.1) is 5.69 Å². The minimum atomic E-state index is 0.161. The second kappa shape index (κ2) is 5.41. The average Bonchev–Trinajstić information content (AvgIpc) is 2.16. The summed E-state index contributed by atoms with van der Waals surface area (Å²) >= 11 is 6.89. The summed E-state index contributed by atoms with van der Waals surface area (Å²) in [6.07, 6.45) is 2.92. The van der Waals surface area contributed by atoms with Gasteiger partial charge in [0.25, 0.3) is 0 Å². The van der Waals surface area contributed by atoms with E-state index >= 15 is 0 Å². The largest absolute Gasteiger partial charge is 0.306 e. The lowest BCUT2D eigenvalue weighted by Crippen LogP contribution is -2.38. The number of nitrogens with one attached hydrogen (secondary N) is 1. The molecule has 84 valence electrons. The highest BCUT2D eigenvalue weighted by molar-refractivity contribution is 9.11. The Morgan fingerprint density at radius 1 is 1.40 bits per heavy atom. The Balaban J connectivity index is 2.66. The third kappa shape index (κ3) is 4.21. The predicted molar refractivity (Wildman–Crippen MR) is 70.8 cm³/mol. The fraction of sp³-hybridized carbons (Fsp3) is 0.545. The number of aromatic nitrogens is 1. The van der Waals surface area contributed by atoms with Crippen molar-refractivity contribution in [3.05, 3.63) is 26.9 Å². The molecule has 0 atom stereocenters. The van der Waals surface area contributed by atoms with Crippen LogP contribution >= 0.6 is 31.9 Å². The quantitative estimate of drug-likeness (QED) is 0.903. The SMILES string of the molecule is CCC(C)(C)NCc1ncc(Br)cc1Br. The van der Waals surface area contributed by atoms with Crippen molar-refractivity contribution < 1.29 is 0 Å². The maximum atomic E-state index is 4.36. The minimum absolute atomic E-state index is 0.161. The van der Waals surface area contributed by atoms with Crippen LogP contribution in [0.3, 0.4) is 0 Å². The topological polar surface area (TPSA) is 24.9 Å². The maximum Gasteiger partial charge on any atom is 0.0684 e. The Morgan fingerprint density at radius 2 is 2.07 bits per heavy atom. The third-order valence-corrected chi connectivity index (χ3v) is 3.62. The van der Waals surface area contributed by atoms with Crippen molar-refractivity contribution in [2.75, 3.05) is 0 Å². The Bertz CT molecular complexity index is 337. The van der Waals surface area contributed by atoms with Crippen molar-refractivity contribution in [2.24, 2.45) is 0 Å². The van der Waals surface area contributed by atoms with E-state index < -0.39 is 0 Å². The molecular formula is C11H16Br2N2. The molecule has 0 aromatic carbocycles. The number of hydrogen-bond donors (Lipinski definition) is 1. The number of rotatable bonds is 4. The summed E-state index contributed by atoms with van der Waals surface area (Å²) < 4.78 is 2.03. The summed E-state index contributed by atoms with van der Waals surface area (Å²) in [5, 5.41) is 3.48. The van der Waals surface area contributed by atoms with Crippen LogP contribution in [0.2, 0.25) is 0 Å². The van der Waals surface area contributed by atoms with Crippen molar-refractivity contribution in [3.63, 3.8) is 0 Å². The van der Waals surface area contributed by atoms with E-state index in [1.165, 1.54) is 0 Å². The molecule has 0 aliphatic rings. The zero-order chi connectivity index (χ0) is 11.5. The van der Waals surface area contributed by atoms with Crippen LogP contribution in [-0.2, 0) is 6.54 Å². The van der Waals surface area contributed by atoms with Crippen molar-refractivity contribution in [1.82, 2.24) is 10.3 Å². The van der Waals surface area contributed by atoms with E-state index in [2.05, 4.69) is 62.9 Å². The third-order valence-electron chi connectivity index (χ3n) is 2.50. The van der Waals surface area contributed by atoms with Gasteiger partial charge in [0.1, 0.15) is 0 Å². The molecule has 0 saturated heterocycles. The molecule has 0 radical (unpaired) electrons. The molecule has 1 heterocycles. The molecule has 0 spiro atoms. The lowest BCUT2D eigenvalue weighted by molar-refractivity contribution is 0.372. The minimum Gasteiger partial charge on any atom is -0.306 e. The molecule has 1 aromatic heterocycles. The fourth-order valence-corrected chi connectivity index (χ4v) is 2.15. The second-order valence-electron chi connectivity index (χ2n) is 4.17. The Hall–Kier alpha value is 0.0700. The molecule has 0 saturated carbocycles. The van der Waals surface area contributed by atoms with Crippen LogP contribution in [0.5, 0.6) is 0 Å². The Morgan fingerprint density at radius 3 is 2.60 bits per heavy atom. The highest BCUT2D eigenvalue weighted by Gasteiger charge is 2.14. The van der Waals surface area contributed by atoms with Crippen molar-refractivity contribution in [1.29, 1.82) is 0 Å². The first kappa shape index (κ1) is 13.1. The molecule has 1 rings (SSSR count). The summed E-state index contributed by atoms with van der Waals surface area (Å²) in [7, 11) is 0. The van der Waals surface area contributed by atoms with E-state index in [9.17, 15) is 0 Å². The van der Waals surface area contributed by atoms with Crippen LogP contribution in [0.15, 0.2) is 21.2 Å². The van der Waals surface area contributed by atoms with Crippen LogP contribution in [-0.4, -0.2) is 10.5 Å². The fourth-order valence-electron chi connectivity index (χ4n) is 1.02. The molecule has 0 amide bonds. The van der Waals surface area contributed by atoms with Gasteiger partial charge in [-0.3, -0.25) is 4.98 Å². The zero-order valence-electron chi connectivity index (χ0n) is 9.27. The van der Waals surface area contributed by atoms with Gasteiger partial charge in [0, 0.05) is 27.2 Å². The van der Waals surface area contributed by atoms with Gasteiger partial charge >= 0.3 is 0 Å². The molecule has 0 bridgehead atoms. The summed E-state index contributed by atoms with van der Waals surface area (Å²) in [5.74, 6) is 0. The van der Waals surface area contributed by atoms with Gasteiger partial charge in [0.2, 0.25) is 0 Å². The van der Waals surface area contributed by atoms with Crippen LogP contribution in [0.4, 0.5) is 0 Å². The standard InChI is InChI=1S/C11H16Br2N2/c1-4-11(2,3)15-7-10-9(13)5-8(12)6-14-10/h5-6,15H,4,7H2,1-3H3. The molecular weight excluding hydrogens is 320 g/mol. The highest BCUT2D eigenvalue weighted by Crippen LogP contribution is 2.20. The molecule has 2 nitrogen and oxygen atoms in total. The van der Waals surface area contributed by atoms with Gasteiger partial charge in [-0.15, -0.1) is 0 Å². The lowest BCUT2D eigenvalue weighted by atomic mass is 10.0. The molecule has 0 fully saturated rings. The van der Waals surface area contributed by atoms with Crippen LogP contribution in [0.25, 0.3) is 0 Å². The van der Waals surface area contributed by atoms with Crippen LogP contribution in [0, 0.1) is 0 Å². The second-order valence-corrected chi connectivity index (χ2v) is 5.94. The highest BCUT2D eigenvalue weighted by atomic mass is 79.9. The molecule has 1 N–H and O–H groups in total. The van der Waals surface area contributed by atoms with E-state index in [0.29, 0.717) is 0 Å². The smallest absolute Gasteiger partial charge is 0.0684 e. The van der Waals surface area contributed by atoms with Gasteiger partial charge in [-0.2, -0.15) is 0 Å². The van der Waals surface area contributed by atoms with Crippen molar-refractivity contribution in [3.8, 4) is 0 Å². The Labute approximate surface area is 108 Å². The van der Waals surface area contributed by atoms with Gasteiger partial charge in [-0.05, 0) is 58.2 Å². The number of pyridine rings is 1.